The van der Waals surface area contributed by atoms with Crippen LogP contribution in [0.5, 0.6) is 0 Å². The largest absolute Gasteiger partial charge is 0.384 e. The lowest BCUT2D eigenvalue weighted by Gasteiger charge is -2.40. The summed E-state index contributed by atoms with van der Waals surface area (Å²) in [6, 6.07) is -0.605. The summed E-state index contributed by atoms with van der Waals surface area (Å²) < 4.78 is 5.12. The number of carbonyl (C=O) groups is 2. The quantitative estimate of drug-likeness (QED) is 0.774. The molecule has 3 unspecified atom stereocenters. The Morgan fingerprint density at radius 2 is 2.11 bits per heavy atom. The van der Waals surface area contributed by atoms with Gasteiger partial charge in [0.25, 0.3) is 0 Å². The van der Waals surface area contributed by atoms with Gasteiger partial charge in [-0.15, -0.1) is 0 Å². The van der Waals surface area contributed by atoms with Crippen molar-refractivity contribution in [1.82, 2.24) is 10.2 Å². The molecule has 2 rings (SSSR count). The molecule has 5 nitrogen and oxygen atoms in total. The fourth-order valence-corrected chi connectivity index (χ4v) is 2.83. The molecule has 1 N–H and O–H groups in total. The zero-order chi connectivity index (χ0) is 14.0. The topological polar surface area (TPSA) is 58.6 Å². The van der Waals surface area contributed by atoms with Crippen LogP contribution in [0.15, 0.2) is 0 Å². The molecule has 1 aliphatic heterocycles. The van der Waals surface area contributed by atoms with E-state index >= 15 is 0 Å². The molecule has 2 fully saturated rings. The standard InChI is InChI=1S/C14H24N2O3/c1-4-11-13(17)15-12(10-5-6-10)14(18)16(11)7-9(2)8-19-3/h9-12H,4-8H2,1-3H3,(H,15,17). The van der Waals surface area contributed by atoms with E-state index in [2.05, 4.69) is 5.32 Å². The number of ether oxygens (including phenoxy) is 1. The molecular weight excluding hydrogens is 244 g/mol. The van der Waals surface area contributed by atoms with Crippen LogP contribution in [0.25, 0.3) is 0 Å². The number of rotatable bonds is 6. The Bertz CT molecular complexity index is 355. The van der Waals surface area contributed by atoms with Gasteiger partial charge in [-0.3, -0.25) is 9.59 Å². The maximum absolute atomic E-state index is 12.5. The molecule has 108 valence electrons. The summed E-state index contributed by atoms with van der Waals surface area (Å²) in [5.41, 5.74) is 0. The Hall–Kier alpha value is -1.10. The van der Waals surface area contributed by atoms with Gasteiger partial charge in [-0.25, -0.2) is 0 Å². The van der Waals surface area contributed by atoms with Crippen molar-refractivity contribution < 1.29 is 14.3 Å². The maximum atomic E-state index is 12.5. The Labute approximate surface area is 114 Å². The number of carbonyl (C=O) groups excluding carboxylic acids is 2. The summed E-state index contributed by atoms with van der Waals surface area (Å²) in [6.45, 7) is 5.20. The van der Waals surface area contributed by atoms with E-state index in [1.165, 1.54) is 0 Å². The summed E-state index contributed by atoms with van der Waals surface area (Å²) >= 11 is 0. The average molecular weight is 268 g/mol. The first kappa shape index (κ1) is 14.3. The highest BCUT2D eigenvalue weighted by atomic mass is 16.5. The number of hydrogen-bond acceptors (Lipinski definition) is 3. The summed E-state index contributed by atoms with van der Waals surface area (Å²) in [4.78, 5) is 26.4. The fourth-order valence-electron chi connectivity index (χ4n) is 2.83. The second kappa shape index (κ2) is 5.90. The van der Waals surface area contributed by atoms with Crippen LogP contribution < -0.4 is 5.32 Å². The van der Waals surface area contributed by atoms with E-state index in [4.69, 9.17) is 4.74 Å². The number of nitrogens with zero attached hydrogens (tertiary/aromatic N) is 1. The molecule has 0 aromatic heterocycles. The van der Waals surface area contributed by atoms with E-state index in [1.807, 2.05) is 13.8 Å². The first-order valence-corrected chi connectivity index (χ1v) is 7.18. The van der Waals surface area contributed by atoms with Gasteiger partial charge in [0, 0.05) is 13.7 Å². The van der Waals surface area contributed by atoms with Crippen molar-refractivity contribution in [2.45, 2.75) is 45.2 Å². The molecule has 5 heteroatoms. The molecule has 0 aromatic carbocycles. The predicted octanol–water partition coefficient (Wildman–Crippen LogP) is 0.785. The molecule has 3 atom stereocenters. The van der Waals surface area contributed by atoms with Gasteiger partial charge in [-0.1, -0.05) is 13.8 Å². The first-order chi connectivity index (χ1) is 9.08. The first-order valence-electron chi connectivity index (χ1n) is 7.18. The van der Waals surface area contributed by atoms with Crippen LogP contribution in [0.3, 0.4) is 0 Å². The number of piperazine rings is 1. The van der Waals surface area contributed by atoms with Crippen molar-refractivity contribution in [2.24, 2.45) is 11.8 Å². The summed E-state index contributed by atoms with van der Waals surface area (Å²) in [7, 11) is 1.66. The van der Waals surface area contributed by atoms with Crippen LogP contribution in [0.1, 0.15) is 33.1 Å². The van der Waals surface area contributed by atoms with Gasteiger partial charge in [0.05, 0.1) is 6.61 Å². The number of nitrogens with one attached hydrogen (secondary N) is 1. The summed E-state index contributed by atoms with van der Waals surface area (Å²) in [5.74, 6) is 0.698. The lowest BCUT2D eigenvalue weighted by atomic mass is 10.00. The van der Waals surface area contributed by atoms with E-state index in [0.717, 1.165) is 12.8 Å². The van der Waals surface area contributed by atoms with E-state index in [-0.39, 0.29) is 29.8 Å². The molecule has 0 aromatic rings. The van der Waals surface area contributed by atoms with Crippen LogP contribution in [-0.4, -0.2) is 49.1 Å². The van der Waals surface area contributed by atoms with Gasteiger partial charge in [0.1, 0.15) is 12.1 Å². The predicted molar refractivity (Wildman–Crippen MR) is 71.5 cm³/mol. The van der Waals surface area contributed by atoms with Crippen LogP contribution in [0, 0.1) is 11.8 Å². The molecule has 1 aliphatic carbocycles. The lowest BCUT2D eigenvalue weighted by Crippen LogP contribution is -2.64. The van der Waals surface area contributed by atoms with E-state index in [9.17, 15) is 9.59 Å². The van der Waals surface area contributed by atoms with Gasteiger partial charge < -0.3 is 15.0 Å². The van der Waals surface area contributed by atoms with Gasteiger partial charge in [0.2, 0.25) is 11.8 Å². The van der Waals surface area contributed by atoms with Crippen molar-refractivity contribution in [1.29, 1.82) is 0 Å². The van der Waals surface area contributed by atoms with E-state index < -0.39 is 0 Å². The highest BCUT2D eigenvalue weighted by Gasteiger charge is 2.46. The monoisotopic (exact) mass is 268 g/mol. The molecule has 1 saturated heterocycles. The van der Waals surface area contributed by atoms with Crippen molar-refractivity contribution in [3.05, 3.63) is 0 Å². The number of methoxy groups -OCH3 is 1. The van der Waals surface area contributed by atoms with Crippen LogP contribution in [0.4, 0.5) is 0 Å². The Morgan fingerprint density at radius 3 is 2.63 bits per heavy atom. The summed E-state index contributed by atoms with van der Waals surface area (Å²) in [6.07, 6.45) is 2.76. The third-order valence-electron chi connectivity index (χ3n) is 3.97. The van der Waals surface area contributed by atoms with E-state index in [0.29, 0.717) is 25.5 Å². The van der Waals surface area contributed by atoms with Crippen molar-refractivity contribution in [2.75, 3.05) is 20.3 Å². The van der Waals surface area contributed by atoms with Gasteiger partial charge in [-0.05, 0) is 31.1 Å². The molecule has 0 radical (unpaired) electrons. The summed E-state index contributed by atoms with van der Waals surface area (Å²) in [5, 5.41) is 2.90. The normalized spacial score (nSPS) is 29.3. The van der Waals surface area contributed by atoms with Gasteiger partial charge >= 0.3 is 0 Å². The zero-order valence-electron chi connectivity index (χ0n) is 12.0. The highest BCUT2D eigenvalue weighted by molar-refractivity contribution is 5.97. The Kier molecular flexibility index (Phi) is 4.45. The van der Waals surface area contributed by atoms with Gasteiger partial charge in [-0.2, -0.15) is 0 Å². The minimum absolute atomic E-state index is 0.00335. The van der Waals surface area contributed by atoms with Crippen molar-refractivity contribution in [3.63, 3.8) is 0 Å². The van der Waals surface area contributed by atoms with Crippen molar-refractivity contribution >= 4 is 11.8 Å². The third-order valence-corrected chi connectivity index (χ3v) is 3.97. The smallest absolute Gasteiger partial charge is 0.246 e. The third kappa shape index (κ3) is 3.08. The zero-order valence-corrected chi connectivity index (χ0v) is 12.0. The molecule has 2 aliphatic rings. The van der Waals surface area contributed by atoms with Gasteiger partial charge in [0.15, 0.2) is 0 Å². The fraction of sp³-hybridized carbons (Fsp3) is 0.857. The SMILES string of the molecule is CCC1C(=O)NC(C2CC2)C(=O)N1CC(C)COC. The minimum atomic E-state index is -0.318. The number of amides is 2. The molecule has 1 heterocycles. The highest BCUT2D eigenvalue weighted by Crippen LogP contribution is 2.35. The molecule has 1 saturated carbocycles. The molecular formula is C14H24N2O3. The molecule has 0 bridgehead atoms. The van der Waals surface area contributed by atoms with Crippen LogP contribution in [-0.2, 0) is 14.3 Å². The van der Waals surface area contributed by atoms with Crippen molar-refractivity contribution in [3.8, 4) is 0 Å². The molecule has 2 amide bonds. The number of hydrogen-bond donors (Lipinski definition) is 1. The minimum Gasteiger partial charge on any atom is -0.384 e. The van der Waals surface area contributed by atoms with Crippen LogP contribution in [0.2, 0.25) is 0 Å². The van der Waals surface area contributed by atoms with Crippen LogP contribution >= 0.6 is 0 Å². The van der Waals surface area contributed by atoms with E-state index in [1.54, 1.807) is 12.0 Å². The molecule has 19 heavy (non-hydrogen) atoms. The lowest BCUT2D eigenvalue weighted by molar-refractivity contribution is -0.151. The second-order valence-corrected chi connectivity index (χ2v) is 5.80. The second-order valence-electron chi connectivity index (χ2n) is 5.80. The Balaban J connectivity index is 2.09. The average Bonchev–Trinajstić information content (AvgIpc) is 3.18. The maximum Gasteiger partial charge on any atom is 0.246 e. The Morgan fingerprint density at radius 1 is 1.42 bits per heavy atom. The molecule has 0 spiro atoms.